The van der Waals surface area contributed by atoms with E-state index in [1.165, 1.54) is 32.1 Å². The maximum Gasteiger partial charge on any atom is 0.294 e. The minimum Gasteiger partial charge on any atom is -0.455 e. The molecule has 1 unspecified atom stereocenters. The Kier molecular flexibility index (Phi) is 3.04. The molecule has 0 saturated carbocycles. The van der Waals surface area contributed by atoms with Crippen molar-refractivity contribution >= 4 is 23.4 Å². The zero-order valence-corrected chi connectivity index (χ0v) is 12.8. The molecule has 0 amide bonds. The fourth-order valence-corrected chi connectivity index (χ4v) is 3.85. The summed E-state index contributed by atoms with van der Waals surface area (Å²) in [6, 6.07) is 0.639. The molecule has 5 rings (SSSR count). The summed E-state index contributed by atoms with van der Waals surface area (Å²) in [7, 11) is 2.02. The van der Waals surface area contributed by atoms with E-state index in [2.05, 4.69) is 24.8 Å². The Labute approximate surface area is 128 Å². The SMILES string of the molecule is CN1CC2(CN3CCC2CC3)O/C1=N\c1cnc(Cl)cn1. The van der Waals surface area contributed by atoms with Crippen LogP contribution in [0.4, 0.5) is 5.82 Å². The minimum atomic E-state index is -0.0933. The average molecular weight is 308 g/mol. The van der Waals surface area contributed by atoms with Crippen LogP contribution in [-0.4, -0.2) is 64.6 Å². The number of halogens is 1. The first-order valence-corrected chi connectivity index (χ1v) is 7.71. The summed E-state index contributed by atoms with van der Waals surface area (Å²) in [5.41, 5.74) is -0.0933. The molecule has 4 saturated heterocycles. The van der Waals surface area contributed by atoms with Gasteiger partial charge in [-0.25, -0.2) is 9.97 Å². The third kappa shape index (κ3) is 2.26. The highest BCUT2D eigenvalue weighted by atomic mass is 35.5. The lowest BCUT2D eigenvalue weighted by Crippen LogP contribution is -2.60. The molecule has 112 valence electrons. The van der Waals surface area contributed by atoms with E-state index in [0.717, 1.165) is 13.1 Å². The number of piperidine rings is 3. The van der Waals surface area contributed by atoms with Gasteiger partial charge in [-0.05, 0) is 25.9 Å². The Hall–Kier alpha value is -1.40. The van der Waals surface area contributed by atoms with Crippen LogP contribution < -0.4 is 0 Å². The van der Waals surface area contributed by atoms with E-state index in [1.54, 1.807) is 6.20 Å². The van der Waals surface area contributed by atoms with Gasteiger partial charge in [-0.3, -0.25) is 4.90 Å². The molecule has 0 aromatic carbocycles. The van der Waals surface area contributed by atoms with Crippen molar-refractivity contribution in [3.8, 4) is 0 Å². The lowest BCUT2D eigenvalue weighted by Gasteiger charge is -2.49. The highest BCUT2D eigenvalue weighted by Gasteiger charge is 2.53. The van der Waals surface area contributed by atoms with Crippen LogP contribution in [0.5, 0.6) is 0 Å². The lowest BCUT2D eigenvalue weighted by molar-refractivity contribution is -0.0818. The molecule has 7 heteroatoms. The summed E-state index contributed by atoms with van der Waals surface area (Å²) in [5, 5.41) is 0.369. The largest absolute Gasteiger partial charge is 0.455 e. The molecule has 4 aliphatic heterocycles. The van der Waals surface area contributed by atoms with Crippen molar-refractivity contribution in [3.63, 3.8) is 0 Å². The van der Waals surface area contributed by atoms with E-state index in [1.807, 2.05) is 7.05 Å². The lowest BCUT2D eigenvalue weighted by atomic mass is 9.75. The number of aromatic nitrogens is 2. The third-order valence-corrected chi connectivity index (χ3v) is 4.96. The summed E-state index contributed by atoms with van der Waals surface area (Å²) in [4.78, 5) is 17.2. The van der Waals surface area contributed by atoms with Gasteiger partial charge in [0.15, 0.2) is 5.82 Å². The Morgan fingerprint density at radius 3 is 2.71 bits per heavy atom. The van der Waals surface area contributed by atoms with Crippen molar-refractivity contribution in [1.29, 1.82) is 0 Å². The Balaban J connectivity index is 1.59. The minimum absolute atomic E-state index is 0.0933. The number of likely N-dealkylation sites (N-methyl/N-ethyl adjacent to an activating group) is 1. The number of amidine groups is 1. The second-order valence-corrected chi connectivity index (χ2v) is 6.55. The second-order valence-electron chi connectivity index (χ2n) is 6.17. The molecule has 0 N–H and O–H groups in total. The zero-order valence-electron chi connectivity index (χ0n) is 12.0. The molecule has 0 aliphatic carbocycles. The molecular weight excluding hydrogens is 290 g/mol. The molecule has 2 bridgehead atoms. The first kappa shape index (κ1) is 13.3. The maximum atomic E-state index is 6.30. The van der Waals surface area contributed by atoms with Gasteiger partial charge in [-0.1, -0.05) is 11.6 Å². The van der Waals surface area contributed by atoms with E-state index in [4.69, 9.17) is 16.3 Å². The van der Waals surface area contributed by atoms with Gasteiger partial charge in [0.2, 0.25) is 0 Å². The fraction of sp³-hybridized carbons (Fsp3) is 0.643. The fourth-order valence-electron chi connectivity index (χ4n) is 3.75. The van der Waals surface area contributed by atoms with Crippen LogP contribution in [0.1, 0.15) is 12.8 Å². The topological polar surface area (TPSA) is 53.9 Å². The molecule has 21 heavy (non-hydrogen) atoms. The molecule has 0 radical (unpaired) electrons. The van der Waals surface area contributed by atoms with Gasteiger partial charge in [-0.15, -0.1) is 0 Å². The highest BCUT2D eigenvalue weighted by Crippen LogP contribution is 2.42. The summed E-state index contributed by atoms with van der Waals surface area (Å²) in [6.07, 6.45) is 5.51. The van der Waals surface area contributed by atoms with Crippen molar-refractivity contribution in [2.75, 3.05) is 33.2 Å². The standard InChI is InChI=1S/C14H18ClN5O/c1-19-8-14(9-20-4-2-10(14)3-5-20)21-13(19)18-12-7-16-11(15)6-17-12/h6-7,10H,2-5,8-9H2,1H3/b18-13-. The predicted molar refractivity (Wildman–Crippen MR) is 79.7 cm³/mol. The van der Waals surface area contributed by atoms with E-state index < -0.39 is 0 Å². The first-order chi connectivity index (χ1) is 10.1. The highest BCUT2D eigenvalue weighted by molar-refractivity contribution is 6.29. The van der Waals surface area contributed by atoms with Gasteiger partial charge in [0.05, 0.1) is 18.9 Å². The quantitative estimate of drug-likeness (QED) is 0.788. The third-order valence-electron chi connectivity index (χ3n) is 4.77. The van der Waals surface area contributed by atoms with Crippen LogP contribution in [0.15, 0.2) is 17.4 Å². The van der Waals surface area contributed by atoms with Gasteiger partial charge >= 0.3 is 0 Å². The molecule has 4 fully saturated rings. The van der Waals surface area contributed by atoms with E-state index in [0.29, 0.717) is 22.9 Å². The Morgan fingerprint density at radius 1 is 1.29 bits per heavy atom. The summed E-state index contributed by atoms with van der Waals surface area (Å²) in [5.74, 6) is 1.16. The molecular formula is C14H18ClN5O. The Morgan fingerprint density at radius 2 is 2.10 bits per heavy atom. The number of nitrogens with zero attached hydrogens (tertiary/aromatic N) is 5. The van der Waals surface area contributed by atoms with Crippen molar-refractivity contribution < 1.29 is 4.74 Å². The molecule has 1 aromatic heterocycles. The zero-order chi connectivity index (χ0) is 14.4. The molecule has 1 aromatic rings. The van der Waals surface area contributed by atoms with Gasteiger partial charge in [0.25, 0.3) is 6.02 Å². The number of fused-ring (bicyclic) bond motifs is 2. The van der Waals surface area contributed by atoms with Crippen molar-refractivity contribution in [3.05, 3.63) is 17.5 Å². The number of ether oxygens (including phenoxy) is 1. The molecule has 5 heterocycles. The number of rotatable bonds is 1. The number of aliphatic imine (C=N–C) groups is 1. The first-order valence-electron chi connectivity index (χ1n) is 7.33. The van der Waals surface area contributed by atoms with Crippen LogP contribution in [-0.2, 0) is 4.74 Å². The van der Waals surface area contributed by atoms with Crippen LogP contribution in [0.2, 0.25) is 5.15 Å². The summed E-state index contributed by atoms with van der Waals surface area (Å²) < 4.78 is 6.30. The summed E-state index contributed by atoms with van der Waals surface area (Å²) in [6.45, 7) is 4.31. The van der Waals surface area contributed by atoms with E-state index in [-0.39, 0.29) is 5.60 Å². The summed E-state index contributed by atoms with van der Waals surface area (Å²) >= 11 is 5.75. The van der Waals surface area contributed by atoms with Crippen molar-refractivity contribution in [2.24, 2.45) is 10.9 Å². The van der Waals surface area contributed by atoms with Gasteiger partial charge in [0.1, 0.15) is 10.8 Å². The molecule has 1 spiro atoms. The van der Waals surface area contributed by atoms with Crippen LogP contribution in [0.25, 0.3) is 0 Å². The van der Waals surface area contributed by atoms with Crippen LogP contribution in [0.3, 0.4) is 0 Å². The Bertz CT molecular complexity index is 569. The second kappa shape index (κ2) is 4.81. The normalized spacial score (nSPS) is 36.5. The predicted octanol–water partition coefficient (Wildman–Crippen LogP) is 1.54. The van der Waals surface area contributed by atoms with Gasteiger partial charge < -0.3 is 9.64 Å². The molecule has 6 nitrogen and oxygen atoms in total. The van der Waals surface area contributed by atoms with Crippen LogP contribution in [0, 0.1) is 5.92 Å². The van der Waals surface area contributed by atoms with E-state index >= 15 is 0 Å². The number of hydrogen-bond donors (Lipinski definition) is 0. The van der Waals surface area contributed by atoms with Crippen molar-refractivity contribution in [1.82, 2.24) is 19.8 Å². The maximum absolute atomic E-state index is 6.30. The van der Waals surface area contributed by atoms with Crippen molar-refractivity contribution in [2.45, 2.75) is 18.4 Å². The monoisotopic (exact) mass is 307 g/mol. The molecule has 1 atom stereocenters. The van der Waals surface area contributed by atoms with Gasteiger partial charge in [0, 0.05) is 19.5 Å². The molecule has 4 aliphatic rings. The van der Waals surface area contributed by atoms with Crippen LogP contribution >= 0.6 is 11.6 Å². The van der Waals surface area contributed by atoms with Gasteiger partial charge in [-0.2, -0.15) is 4.99 Å². The number of hydrogen-bond acceptors (Lipinski definition) is 5. The smallest absolute Gasteiger partial charge is 0.294 e. The average Bonchev–Trinajstić information content (AvgIpc) is 2.78. The van der Waals surface area contributed by atoms with E-state index in [9.17, 15) is 0 Å².